The zero-order chi connectivity index (χ0) is 22.8. The molecule has 1 aliphatic carbocycles. The number of thiophene rings is 1. The highest BCUT2D eigenvalue weighted by molar-refractivity contribution is 7.98. The number of amides is 1. The number of fused-ring (bicyclic) bond motifs is 3. The fourth-order valence-corrected chi connectivity index (χ4v) is 6.22. The smallest absolute Gasteiger partial charge is 0.287 e. The van der Waals surface area contributed by atoms with Crippen molar-refractivity contribution < 1.29 is 9.21 Å². The Labute approximate surface area is 199 Å². The van der Waals surface area contributed by atoms with Gasteiger partial charge in [0, 0.05) is 36.8 Å². The number of hydrogen-bond acceptors (Lipinski definition) is 7. The van der Waals surface area contributed by atoms with Crippen molar-refractivity contribution >= 4 is 39.2 Å². The first-order valence-corrected chi connectivity index (χ1v) is 12.8. The number of furan rings is 1. The molecule has 1 N–H and O–H groups in total. The quantitative estimate of drug-likeness (QED) is 0.316. The first-order valence-electron chi connectivity index (χ1n) is 11.0. The molecule has 5 rings (SSSR count). The molecule has 0 aliphatic heterocycles. The molecule has 170 valence electrons. The lowest BCUT2D eigenvalue weighted by Crippen LogP contribution is -2.25. The molecule has 33 heavy (non-hydrogen) atoms. The van der Waals surface area contributed by atoms with Gasteiger partial charge in [-0.05, 0) is 55.5 Å². The number of carbonyl (C=O) groups excluding carboxylic acids is 1. The Hall–Kier alpha value is -2.91. The third-order valence-corrected chi connectivity index (χ3v) is 8.02. The fourth-order valence-electron chi connectivity index (χ4n) is 4.05. The number of rotatable bonds is 7. The minimum absolute atomic E-state index is 0.0225. The van der Waals surface area contributed by atoms with E-state index >= 15 is 0 Å². The summed E-state index contributed by atoms with van der Waals surface area (Å²) in [5.74, 6) is 1.17. The van der Waals surface area contributed by atoms with Crippen LogP contribution in [0.15, 0.2) is 50.9 Å². The van der Waals surface area contributed by atoms with Gasteiger partial charge in [-0.25, -0.2) is 4.98 Å². The number of pyridine rings is 1. The Morgan fingerprint density at radius 2 is 2.12 bits per heavy atom. The van der Waals surface area contributed by atoms with Gasteiger partial charge in [0.15, 0.2) is 10.9 Å². The highest BCUT2D eigenvalue weighted by atomic mass is 32.2. The van der Waals surface area contributed by atoms with Crippen molar-refractivity contribution in [2.75, 3.05) is 6.54 Å². The molecule has 1 aliphatic rings. The minimum atomic E-state index is -0.252. The molecule has 0 aromatic carbocycles. The van der Waals surface area contributed by atoms with Crippen LogP contribution >= 0.6 is 23.1 Å². The summed E-state index contributed by atoms with van der Waals surface area (Å²) in [6.45, 7) is 0.484. The topological polar surface area (TPSA) is 90.0 Å². The van der Waals surface area contributed by atoms with Gasteiger partial charge in [-0.2, -0.15) is 0 Å². The molecule has 0 bridgehead atoms. The number of carbonyl (C=O) groups is 1. The number of nitrogens with one attached hydrogen (secondary N) is 1. The summed E-state index contributed by atoms with van der Waals surface area (Å²) in [4.78, 5) is 36.6. The maximum atomic E-state index is 13.0. The van der Waals surface area contributed by atoms with E-state index in [0.29, 0.717) is 29.6 Å². The molecule has 0 atom stereocenters. The lowest BCUT2D eigenvalue weighted by molar-refractivity contribution is 0.0925. The van der Waals surface area contributed by atoms with Crippen LogP contribution < -0.4 is 10.9 Å². The maximum absolute atomic E-state index is 13.0. The first-order chi connectivity index (χ1) is 16.1. The van der Waals surface area contributed by atoms with Gasteiger partial charge in [-0.1, -0.05) is 17.8 Å². The summed E-state index contributed by atoms with van der Waals surface area (Å²) in [5.41, 5.74) is 2.15. The normalized spacial score (nSPS) is 13.2. The predicted octanol–water partition coefficient (Wildman–Crippen LogP) is 4.13. The average Bonchev–Trinajstić information content (AvgIpc) is 3.46. The van der Waals surface area contributed by atoms with Gasteiger partial charge in [-0.15, -0.1) is 11.3 Å². The van der Waals surface area contributed by atoms with Crippen molar-refractivity contribution in [1.29, 1.82) is 0 Å². The second-order valence-electron chi connectivity index (χ2n) is 8.03. The van der Waals surface area contributed by atoms with E-state index in [1.807, 2.05) is 18.2 Å². The molecule has 0 radical (unpaired) electrons. The van der Waals surface area contributed by atoms with Gasteiger partial charge in [0.1, 0.15) is 10.6 Å². The van der Waals surface area contributed by atoms with E-state index in [-0.39, 0.29) is 17.2 Å². The minimum Gasteiger partial charge on any atom is -0.455 e. The van der Waals surface area contributed by atoms with Crippen molar-refractivity contribution in [1.82, 2.24) is 19.9 Å². The van der Waals surface area contributed by atoms with Crippen molar-refractivity contribution in [3.05, 3.63) is 74.5 Å². The van der Waals surface area contributed by atoms with Crippen LogP contribution in [0.4, 0.5) is 0 Å². The molecule has 4 aromatic heterocycles. The highest BCUT2D eigenvalue weighted by Crippen LogP contribution is 2.34. The first kappa shape index (κ1) is 21.9. The van der Waals surface area contributed by atoms with E-state index in [4.69, 9.17) is 9.40 Å². The summed E-state index contributed by atoms with van der Waals surface area (Å²) < 4.78 is 7.36. The van der Waals surface area contributed by atoms with Crippen LogP contribution in [0.5, 0.6) is 0 Å². The van der Waals surface area contributed by atoms with Gasteiger partial charge in [0.25, 0.3) is 11.5 Å². The molecule has 0 fully saturated rings. The van der Waals surface area contributed by atoms with Crippen molar-refractivity contribution in [2.45, 2.75) is 43.0 Å². The molecule has 0 saturated carbocycles. The molecule has 1 amide bonds. The van der Waals surface area contributed by atoms with Gasteiger partial charge >= 0.3 is 0 Å². The molecule has 4 aromatic rings. The number of aromatic nitrogens is 3. The summed E-state index contributed by atoms with van der Waals surface area (Å²) in [5, 5.41) is 4.31. The zero-order valence-corrected chi connectivity index (χ0v) is 19.9. The number of nitrogens with zero attached hydrogens (tertiary/aromatic N) is 3. The van der Waals surface area contributed by atoms with E-state index in [1.54, 1.807) is 41.3 Å². The third kappa shape index (κ3) is 4.60. The second-order valence-corrected chi connectivity index (χ2v) is 10.1. The number of hydrogen-bond donors (Lipinski definition) is 1. The Bertz CT molecular complexity index is 1360. The molecule has 0 unspecified atom stereocenters. The van der Waals surface area contributed by atoms with Gasteiger partial charge < -0.3 is 9.73 Å². The van der Waals surface area contributed by atoms with Crippen LogP contribution in [0.25, 0.3) is 10.2 Å². The average molecular weight is 481 g/mol. The van der Waals surface area contributed by atoms with Gasteiger partial charge in [0.2, 0.25) is 0 Å². The van der Waals surface area contributed by atoms with E-state index in [1.165, 1.54) is 28.6 Å². The predicted molar refractivity (Wildman–Crippen MR) is 130 cm³/mol. The van der Waals surface area contributed by atoms with Crippen LogP contribution in [0.1, 0.15) is 45.3 Å². The Morgan fingerprint density at radius 1 is 1.24 bits per heavy atom. The second kappa shape index (κ2) is 9.52. The van der Waals surface area contributed by atoms with Crippen LogP contribution in [0, 0.1) is 0 Å². The van der Waals surface area contributed by atoms with E-state index in [2.05, 4.69) is 10.3 Å². The standard InChI is InChI=1S/C24H24N4O3S2/c1-28-23(30)20-17-7-2-3-8-19(17)33-22(20)27-24(28)32-14-16-9-10-18(31-16)21(29)26-13-11-15-6-4-5-12-25-15/h4-6,9-10,12H,2-3,7-8,11,13-14H2,1H3,(H,26,29). The molecule has 9 heteroatoms. The highest BCUT2D eigenvalue weighted by Gasteiger charge is 2.21. The van der Waals surface area contributed by atoms with Gasteiger partial charge in [-0.3, -0.25) is 19.1 Å². The molecular weight excluding hydrogens is 456 g/mol. The summed E-state index contributed by atoms with van der Waals surface area (Å²) in [6.07, 6.45) is 6.72. The maximum Gasteiger partial charge on any atom is 0.287 e. The van der Waals surface area contributed by atoms with Crippen molar-refractivity contribution in [3.63, 3.8) is 0 Å². The van der Waals surface area contributed by atoms with Crippen LogP contribution in [-0.2, 0) is 32.1 Å². The lowest BCUT2D eigenvalue weighted by Gasteiger charge is -2.10. The summed E-state index contributed by atoms with van der Waals surface area (Å²) >= 11 is 3.09. The van der Waals surface area contributed by atoms with Crippen molar-refractivity contribution in [3.8, 4) is 0 Å². The van der Waals surface area contributed by atoms with Crippen LogP contribution in [0.2, 0.25) is 0 Å². The molecule has 4 heterocycles. The molecule has 0 saturated heterocycles. The lowest BCUT2D eigenvalue weighted by atomic mass is 9.97. The van der Waals surface area contributed by atoms with E-state index in [9.17, 15) is 9.59 Å². The number of aryl methyl sites for hydroxylation is 2. The monoisotopic (exact) mass is 480 g/mol. The molecule has 0 spiro atoms. The SMILES string of the molecule is Cn1c(SCc2ccc(C(=O)NCCc3ccccn3)o2)nc2sc3c(c2c1=O)CCCC3. The summed E-state index contributed by atoms with van der Waals surface area (Å²) in [7, 11) is 1.77. The third-order valence-electron chi connectivity index (χ3n) is 5.78. The fraction of sp³-hybridized carbons (Fsp3) is 0.333. The Balaban J connectivity index is 1.23. The Kier molecular flexibility index (Phi) is 6.32. The van der Waals surface area contributed by atoms with Gasteiger partial charge in [0.05, 0.1) is 11.1 Å². The molecule has 7 nitrogen and oxygen atoms in total. The Morgan fingerprint density at radius 3 is 2.97 bits per heavy atom. The zero-order valence-electron chi connectivity index (χ0n) is 18.3. The van der Waals surface area contributed by atoms with Crippen LogP contribution in [-0.4, -0.2) is 27.0 Å². The summed E-state index contributed by atoms with van der Waals surface area (Å²) in [6, 6.07) is 9.19. The number of thioether (sulfide) groups is 1. The molecular formula is C24H24N4O3S2. The van der Waals surface area contributed by atoms with E-state index < -0.39 is 0 Å². The van der Waals surface area contributed by atoms with E-state index in [0.717, 1.165) is 35.2 Å². The largest absolute Gasteiger partial charge is 0.455 e. The van der Waals surface area contributed by atoms with Crippen molar-refractivity contribution in [2.24, 2.45) is 7.05 Å². The van der Waals surface area contributed by atoms with Crippen LogP contribution in [0.3, 0.4) is 0 Å².